The quantitative estimate of drug-likeness (QED) is 0.899. The lowest BCUT2D eigenvalue weighted by molar-refractivity contribution is 0.155. The van der Waals surface area contributed by atoms with Crippen molar-refractivity contribution < 1.29 is 4.79 Å². The number of halogens is 1. The van der Waals surface area contributed by atoms with E-state index in [2.05, 4.69) is 41.8 Å². The van der Waals surface area contributed by atoms with E-state index in [1.165, 1.54) is 5.56 Å². The predicted molar refractivity (Wildman–Crippen MR) is 89.4 cm³/mol. The van der Waals surface area contributed by atoms with Crippen LogP contribution in [0.2, 0.25) is 5.02 Å². The van der Waals surface area contributed by atoms with Crippen molar-refractivity contribution in [2.75, 3.05) is 27.2 Å². The van der Waals surface area contributed by atoms with Gasteiger partial charge in [0.2, 0.25) is 0 Å². The molecule has 0 bridgehead atoms. The van der Waals surface area contributed by atoms with Crippen molar-refractivity contribution in [2.24, 2.45) is 0 Å². The van der Waals surface area contributed by atoms with E-state index in [-0.39, 0.29) is 17.0 Å². The van der Waals surface area contributed by atoms with Gasteiger partial charge in [-0.2, -0.15) is 0 Å². The molecule has 2 N–H and O–H groups in total. The van der Waals surface area contributed by atoms with Crippen molar-refractivity contribution in [3.8, 4) is 0 Å². The molecule has 2 fully saturated rings. The molecule has 0 atom stereocenters. The van der Waals surface area contributed by atoms with Crippen molar-refractivity contribution in [1.29, 1.82) is 0 Å². The van der Waals surface area contributed by atoms with E-state index < -0.39 is 0 Å². The van der Waals surface area contributed by atoms with Crippen LogP contribution in [-0.4, -0.2) is 43.7 Å². The Balaban J connectivity index is 1.85. The maximum Gasteiger partial charge on any atom is 0.315 e. The van der Waals surface area contributed by atoms with E-state index >= 15 is 0 Å². The fourth-order valence-corrected chi connectivity index (χ4v) is 4.24. The largest absolute Gasteiger partial charge is 0.336 e. The Bertz CT molecular complexity index is 565. The molecule has 4 nitrogen and oxygen atoms in total. The van der Waals surface area contributed by atoms with Crippen LogP contribution in [0.1, 0.15) is 31.2 Å². The highest BCUT2D eigenvalue weighted by Crippen LogP contribution is 2.44. The maximum atomic E-state index is 11.5. The lowest BCUT2D eigenvalue weighted by atomic mass is 9.64. The van der Waals surface area contributed by atoms with E-state index in [4.69, 9.17) is 11.6 Å². The second-order valence-corrected chi connectivity index (χ2v) is 7.55. The highest BCUT2D eigenvalue weighted by atomic mass is 35.5. The zero-order chi connectivity index (χ0) is 15.8. The van der Waals surface area contributed by atoms with Crippen LogP contribution < -0.4 is 10.6 Å². The fourth-order valence-electron chi connectivity index (χ4n) is 4.05. The Hall–Kier alpha value is -1.26. The fraction of sp³-hybridized carbons (Fsp3) is 0.588. The molecule has 1 aliphatic carbocycles. The lowest BCUT2D eigenvalue weighted by Gasteiger charge is -2.46. The number of amides is 2. The van der Waals surface area contributed by atoms with Gasteiger partial charge >= 0.3 is 6.03 Å². The third-order valence-electron chi connectivity index (χ3n) is 5.19. The van der Waals surface area contributed by atoms with Crippen LogP contribution >= 0.6 is 11.6 Å². The average Bonchev–Trinajstić information content (AvgIpc) is 2.83. The monoisotopic (exact) mass is 321 g/mol. The summed E-state index contributed by atoms with van der Waals surface area (Å²) in [6.07, 6.45) is 4.14. The third-order valence-corrected chi connectivity index (χ3v) is 5.42. The van der Waals surface area contributed by atoms with Gasteiger partial charge in [0, 0.05) is 23.5 Å². The number of rotatable bonds is 3. The molecule has 1 saturated heterocycles. The Kier molecular flexibility index (Phi) is 4.08. The summed E-state index contributed by atoms with van der Waals surface area (Å²) in [5, 5.41) is 6.85. The predicted octanol–water partition coefficient (Wildman–Crippen LogP) is 2.77. The van der Waals surface area contributed by atoms with Crippen LogP contribution in [0.4, 0.5) is 4.79 Å². The number of likely N-dealkylation sites (N-methyl/N-ethyl adjacent to an activating group) is 1. The van der Waals surface area contributed by atoms with Gasteiger partial charge in [-0.05, 0) is 57.5 Å². The Morgan fingerprint density at radius 2 is 1.95 bits per heavy atom. The van der Waals surface area contributed by atoms with Gasteiger partial charge in [-0.15, -0.1) is 0 Å². The second kappa shape index (κ2) is 5.74. The Morgan fingerprint density at radius 3 is 2.50 bits per heavy atom. The number of urea groups is 1. The molecule has 3 rings (SSSR count). The number of nitrogens with one attached hydrogen (secondary N) is 2. The first-order valence-corrected chi connectivity index (χ1v) is 8.28. The number of hydrogen-bond donors (Lipinski definition) is 2. The molecule has 0 unspecified atom stereocenters. The molecule has 1 aromatic carbocycles. The molecule has 2 amide bonds. The van der Waals surface area contributed by atoms with Gasteiger partial charge in [0.05, 0.1) is 5.54 Å². The summed E-state index contributed by atoms with van der Waals surface area (Å²) in [5.41, 5.74) is 1.39. The van der Waals surface area contributed by atoms with Crippen molar-refractivity contribution >= 4 is 17.6 Å². The number of carbonyl (C=O) groups excluding carboxylic acids is 1. The minimum Gasteiger partial charge on any atom is -0.336 e. The van der Waals surface area contributed by atoms with E-state index in [9.17, 15) is 4.79 Å². The summed E-state index contributed by atoms with van der Waals surface area (Å²) >= 11 is 6.22. The van der Waals surface area contributed by atoms with Crippen LogP contribution in [0.5, 0.6) is 0 Å². The molecule has 1 heterocycles. The van der Waals surface area contributed by atoms with Gasteiger partial charge < -0.3 is 15.5 Å². The van der Waals surface area contributed by atoms with Crippen LogP contribution in [0.3, 0.4) is 0 Å². The maximum absolute atomic E-state index is 11.5. The molecule has 1 aliphatic heterocycles. The molecule has 120 valence electrons. The van der Waals surface area contributed by atoms with Gasteiger partial charge in [-0.1, -0.05) is 23.7 Å². The SMILES string of the molecule is CN(C)C[C@]1(c2cccc(Cl)c2)CC[C@]2(CC1)CNC(=O)N2. The normalized spacial score (nSPS) is 31.4. The minimum atomic E-state index is -0.0501. The van der Waals surface area contributed by atoms with Gasteiger partial charge in [-0.25, -0.2) is 4.79 Å². The van der Waals surface area contributed by atoms with Crippen LogP contribution in [0.25, 0.3) is 0 Å². The van der Waals surface area contributed by atoms with Gasteiger partial charge in [0.15, 0.2) is 0 Å². The minimum absolute atomic E-state index is 0.0251. The molecule has 1 spiro atoms. The average molecular weight is 322 g/mol. The van der Waals surface area contributed by atoms with Crippen molar-refractivity contribution in [3.05, 3.63) is 34.9 Å². The van der Waals surface area contributed by atoms with Gasteiger partial charge in [0.1, 0.15) is 0 Å². The molecule has 5 heteroatoms. The summed E-state index contributed by atoms with van der Waals surface area (Å²) in [7, 11) is 4.24. The summed E-state index contributed by atoms with van der Waals surface area (Å²) in [6.45, 7) is 1.75. The van der Waals surface area contributed by atoms with E-state index in [0.717, 1.165) is 43.8 Å². The van der Waals surface area contributed by atoms with Crippen molar-refractivity contribution in [2.45, 2.75) is 36.6 Å². The molecule has 0 radical (unpaired) electrons. The highest BCUT2D eigenvalue weighted by molar-refractivity contribution is 6.30. The van der Waals surface area contributed by atoms with Crippen LogP contribution in [-0.2, 0) is 5.41 Å². The molecule has 2 aliphatic rings. The zero-order valence-corrected chi connectivity index (χ0v) is 14.0. The molecule has 22 heavy (non-hydrogen) atoms. The van der Waals surface area contributed by atoms with E-state index in [1.807, 2.05) is 12.1 Å². The lowest BCUT2D eigenvalue weighted by Crippen LogP contribution is -2.52. The number of carbonyl (C=O) groups is 1. The first-order chi connectivity index (χ1) is 10.4. The highest BCUT2D eigenvalue weighted by Gasteiger charge is 2.46. The number of benzene rings is 1. The Morgan fingerprint density at radius 1 is 1.23 bits per heavy atom. The molecular formula is C17H24ClN3O. The van der Waals surface area contributed by atoms with Gasteiger partial charge in [-0.3, -0.25) is 0 Å². The molecule has 0 aromatic heterocycles. The van der Waals surface area contributed by atoms with E-state index in [0.29, 0.717) is 0 Å². The second-order valence-electron chi connectivity index (χ2n) is 7.12. The van der Waals surface area contributed by atoms with Crippen molar-refractivity contribution in [1.82, 2.24) is 15.5 Å². The molecule has 1 saturated carbocycles. The zero-order valence-electron chi connectivity index (χ0n) is 13.3. The number of nitrogens with zero attached hydrogens (tertiary/aromatic N) is 1. The third kappa shape index (κ3) is 2.95. The van der Waals surface area contributed by atoms with Crippen LogP contribution in [0.15, 0.2) is 24.3 Å². The van der Waals surface area contributed by atoms with E-state index in [1.54, 1.807) is 0 Å². The summed E-state index contributed by atoms with van der Waals surface area (Å²) in [4.78, 5) is 13.8. The van der Waals surface area contributed by atoms with Crippen LogP contribution in [0, 0.1) is 0 Å². The summed E-state index contributed by atoms with van der Waals surface area (Å²) in [6, 6.07) is 8.24. The smallest absolute Gasteiger partial charge is 0.315 e. The first-order valence-electron chi connectivity index (χ1n) is 7.90. The standard InChI is InChI=1S/C17H24ClN3O/c1-21(2)12-16(13-4-3-5-14(18)10-13)6-8-17(9-7-16)11-19-15(22)20-17/h3-5,10H,6-9,11-12H2,1-2H3,(H2,19,20,22)/t16-,17-. The molecular weight excluding hydrogens is 298 g/mol. The summed E-state index contributed by atoms with van der Waals surface area (Å²) in [5.74, 6) is 0. The summed E-state index contributed by atoms with van der Waals surface area (Å²) < 4.78 is 0. The number of hydrogen-bond acceptors (Lipinski definition) is 2. The molecule has 1 aromatic rings. The Labute approximate surface area is 137 Å². The van der Waals surface area contributed by atoms with Crippen molar-refractivity contribution in [3.63, 3.8) is 0 Å². The first kappa shape index (κ1) is 15.6. The van der Waals surface area contributed by atoms with Gasteiger partial charge in [0.25, 0.3) is 0 Å². The topological polar surface area (TPSA) is 44.4 Å².